The van der Waals surface area contributed by atoms with Crippen molar-refractivity contribution in [1.82, 2.24) is 0 Å². The van der Waals surface area contributed by atoms with Crippen LogP contribution in [0.3, 0.4) is 0 Å². The van der Waals surface area contributed by atoms with E-state index in [1.807, 2.05) is 6.92 Å². The second-order valence-electron chi connectivity index (χ2n) is 5.41. The first-order valence-corrected chi connectivity index (χ1v) is 9.73. The van der Waals surface area contributed by atoms with Crippen LogP contribution < -0.4 is 5.32 Å². The van der Waals surface area contributed by atoms with Crippen LogP contribution in [0.5, 0.6) is 0 Å². The van der Waals surface area contributed by atoms with Gasteiger partial charge < -0.3 is 5.32 Å². The van der Waals surface area contributed by atoms with Gasteiger partial charge in [-0.3, -0.25) is 4.79 Å². The van der Waals surface area contributed by atoms with Gasteiger partial charge in [-0.25, -0.2) is 8.42 Å². The second-order valence-corrected chi connectivity index (χ2v) is 8.36. The van der Waals surface area contributed by atoms with Gasteiger partial charge in [0.2, 0.25) is 5.91 Å². The summed E-state index contributed by atoms with van der Waals surface area (Å²) in [5, 5.41) is 3.46. The summed E-state index contributed by atoms with van der Waals surface area (Å²) < 4.78 is 24.4. The highest BCUT2D eigenvalue weighted by Crippen LogP contribution is 2.25. The number of benzene rings is 2. The third kappa shape index (κ3) is 5.23. The summed E-state index contributed by atoms with van der Waals surface area (Å²) in [5.74, 6) is -0.398. The Hall–Kier alpha value is -1.56. The summed E-state index contributed by atoms with van der Waals surface area (Å²) in [6, 6.07) is 11.4. The fourth-order valence-corrected chi connectivity index (χ4v) is 3.74. The van der Waals surface area contributed by atoms with Crippen LogP contribution in [0.4, 0.5) is 5.69 Å². The number of anilines is 1. The van der Waals surface area contributed by atoms with Crippen LogP contribution in [0, 0.1) is 6.92 Å². The van der Waals surface area contributed by atoms with Crippen LogP contribution >= 0.6 is 23.2 Å². The molecule has 0 heterocycles. The average Bonchev–Trinajstić information content (AvgIpc) is 2.51. The van der Waals surface area contributed by atoms with Crippen LogP contribution in [0.1, 0.15) is 18.4 Å². The summed E-state index contributed by atoms with van der Waals surface area (Å²) in [6.07, 6.45) is 0.300. The molecule has 2 rings (SSSR count). The Morgan fingerprint density at radius 1 is 1.08 bits per heavy atom. The highest BCUT2D eigenvalue weighted by Gasteiger charge is 2.15. The summed E-state index contributed by atoms with van der Waals surface area (Å²) in [6.45, 7) is 1.89. The third-order valence-corrected chi connectivity index (χ3v) is 5.78. The number of sulfone groups is 1. The van der Waals surface area contributed by atoms with E-state index in [2.05, 4.69) is 5.32 Å². The number of rotatable bonds is 6. The van der Waals surface area contributed by atoms with Crippen molar-refractivity contribution in [2.24, 2.45) is 0 Å². The van der Waals surface area contributed by atoms with Gasteiger partial charge in [0.05, 0.1) is 21.4 Å². The molecule has 0 saturated carbocycles. The van der Waals surface area contributed by atoms with Crippen molar-refractivity contribution in [3.63, 3.8) is 0 Å². The Kier molecular flexibility index (Phi) is 6.27. The van der Waals surface area contributed by atoms with Gasteiger partial charge in [-0.05, 0) is 43.7 Å². The topological polar surface area (TPSA) is 63.2 Å². The van der Waals surface area contributed by atoms with Crippen LogP contribution in [-0.4, -0.2) is 20.1 Å². The smallest absolute Gasteiger partial charge is 0.224 e. The predicted molar refractivity (Wildman–Crippen MR) is 97.6 cm³/mol. The Bertz CT molecular complexity index is 833. The van der Waals surface area contributed by atoms with Gasteiger partial charge in [-0.1, -0.05) is 40.9 Å². The van der Waals surface area contributed by atoms with Gasteiger partial charge in [0.15, 0.2) is 9.84 Å². The van der Waals surface area contributed by atoms with Crippen LogP contribution in [0.25, 0.3) is 0 Å². The number of carbonyl (C=O) groups is 1. The number of carbonyl (C=O) groups excluding carboxylic acids is 1. The Morgan fingerprint density at radius 3 is 2.42 bits per heavy atom. The van der Waals surface area contributed by atoms with E-state index >= 15 is 0 Å². The fourth-order valence-electron chi connectivity index (χ4n) is 2.09. The lowest BCUT2D eigenvalue weighted by atomic mass is 10.2. The van der Waals surface area contributed by atoms with Crippen LogP contribution in [-0.2, 0) is 14.6 Å². The number of nitrogens with one attached hydrogen (secondary N) is 1. The molecule has 0 aliphatic rings. The van der Waals surface area contributed by atoms with E-state index in [1.165, 1.54) is 0 Å². The highest BCUT2D eigenvalue weighted by atomic mass is 35.5. The lowest BCUT2D eigenvalue weighted by molar-refractivity contribution is -0.116. The average molecular weight is 386 g/mol. The Labute approximate surface area is 151 Å². The lowest BCUT2D eigenvalue weighted by Crippen LogP contribution is -2.14. The summed E-state index contributed by atoms with van der Waals surface area (Å²) in [5.41, 5.74) is 1.40. The van der Waals surface area contributed by atoms with Gasteiger partial charge in [-0.15, -0.1) is 0 Å². The van der Waals surface area contributed by atoms with Gasteiger partial charge in [0.25, 0.3) is 0 Å². The maximum atomic E-state index is 12.2. The molecule has 0 saturated heterocycles. The number of hydrogen-bond donors (Lipinski definition) is 1. The molecule has 0 fully saturated rings. The SMILES string of the molecule is Cc1ccc(S(=O)(=O)CCCC(=O)Nc2cc(Cl)ccc2Cl)cc1. The standard InChI is InChI=1S/C17H17Cl2NO3S/c1-12-4-7-14(8-5-12)24(22,23)10-2-3-17(21)20-16-11-13(18)6-9-15(16)19/h4-9,11H,2-3,10H2,1H3,(H,20,21). The molecule has 7 heteroatoms. The maximum Gasteiger partial charge on any atom is 0.224 e. The summed E-state index contributed by atoms with van der Waals surface area (Å²) >= 11 is 11.8. The minimum atomic E-state index is -3.39. The molecule has 128 valence electrons. The maximum absolute atomic E-state index is 12.2. The molecule has 0 unspecified atom stereocenters. The van der Waals surface area contributed by atoms with Crippen molar-refractivity contribution >= 4 is 44.6 Å². The zero-order valence-corrected chi connectivity index (χ0v) is 15.4. The van der Waals surface area contributed by atoms with Crippen molar-refractivity contribution in [3.05, 3.63) is 58.1 Å². The Morgan fingerprint density at radius 2 is 1.75 bits per heavy atom. The monoisotopic (exact) mass is 385 g/mol. The zero-order valence-electron chi connectivity index (χ0n) is 13.1. The van der Waals surface area contributed by atoms with Crippen LogP contribution in [0.2, 0.25) is 10.0 Å². The molecule has 4 nitrogen and oxygen atoms in total. The van der Waals surface area contributed by atoms with E-state index in [4.69, 9.17) is 23.2 Å². The quantitative estimate of drug-likeness (QED) is 0.796. The predicted octanol–water partition coefficient (Wildman–Crippen LogP) is 4.49. The van der Waals surface area contributed by atoms with Crippen molar-refractivity contribution in [3.8, 4) is 0 Å². The normalized spacial score (nSPS) is 11.3. The van der Waals surface area contributed by atoms with E-state index in [9.17, 15) is 13.2 Å². The van der Waals surface area contributed by atoms with Gasteiger partial charge in [0.1, 0.15) is 0 Å². The molecular weight excluding hydrogens is 369 g/mol. The number of aryl methyl sites for hydroxylation is 1. The second kappa shape index (κ2) is 8.01. The van der Waals surface area contributed by atoms with Gasteiger partial charge in [0, 0.05) is 11.4 Å². The first-order chi connectivity index (χ1) is 11.3. The molecule has 0 aromatic heterocycles. The number of amides is 1. The minimum Gasteiger partial charge on any atom is -0.325 e. The lowest BCUT2D eigenvalue weighted by Gasteiger charge is -2.08. The molecule has 2 aromatic carbocycles. The van der Waals surface area contributed by atoms with E-state index < -0.39 is 9.84 Å². The van der Waals surface area contributed by atoms with Crippen molar-refractivity contribution < 1.29 is 13.2 Å². The number of hydrogen-bond acceptors (Lipinski definition) is 3. The van der Waals surface area contributed by atoms with E-state index in [-0.39, 0.29) is 29.4 Å². The fraction of sp³-hybridized carbons (Fsp3) is 0.235. The molecule has 24 heavy (non-hydrogen) atoms. The van der Waals surface area contributed by atoms with Crippen molar-refractivity contribution in [1.29, 1.82) is 0 Å². The van der Waals surface area contributed by atoms with Gasteiger partial charge in [-0.2, -0.15) is 0 Å². The first-order valence-electron chi connectivity index (χ1n) is 7.32. The van der Waals surface area contributed by atoms with E-state index in [0.29, 0.717) is 15.7 Å². The van der Waals surface area contributed by atoms with Crippen molar-refractivity contribution in [2.75, 3.05) is 11.1 Å². The largest absolute Gasteiger partial charge is 0.325 e. The molecule has 0 radical (unpaired) electrons. The molecule has 1 N–H and O–H groups in total. The van der Waals surface area contributed by atoms with Crippen LogP contribution in [0.15, 0.2) is 47.4 Å². The molecule has 0 atom stereocenters. The van der Waals surface area contributed by atoms with Crippen molar-refractivity contribution in [2.45, 2.75) is 24.7 Å². The molecule has 0 aliphatic heterocycles. The van der Waals surface area contributed by atoms with E-state index in [1.54, 1.807) is 42.5 Å². The third-order valence-electron chi connectivity index (χ3n) is 3.40. The minimum absolute atomic E-state index is 0.0773. The molecule has 0 spiro atoms. The molecule has 0 bridgehead atoms. The first kappa shape index (κ1) is 18.8. The molecule has 2 aromatic rings. The highest BCUT2D eigenvalue weighted by molar-refractivity contribution is 7.91. The summed E-state index contributed by atoms with van der Waals surface area (Å²) in [4.78, 5) is 12.2. The summed E-state index contributed by atoms with van der Waals surface area (Å²) in [7, 11) is -3.39. The Balaban J connectivity index is 1.90. The van der Waals surface area contributed by atoms with E-state index in [0.717, 1.165) is 5.56 Å². The molecule has 0 aliphatic carbocycles. The zero-order chi connectivity index (χ0) is 17.7. The molecular formula is C17H17Cl2NO3S. The molecule has 1 amide bonds. The van der Waals surface area contributed by atoms with Gasteiger partial charge >= 0.3 is 0 Å². The number of halogens is 2.